The number of hydrogen-bond acceptors (Lipinski definition) is 3. The maximum atomic E-state index is 12.1. The Morgan fingerprint density at radius 1 is 1.47 bits per heavy atom. The van der Waals surface area contributed by atoms with E-state index in [1.165, 1.54) is 0 Å². The minimum absolute atomic E-state index is 0.0575. The van der Waals surface area contributed by atoms with Crippen molar-refractivity contribution >= 4 is 17.7 Å². The molecule has 0 radical (unpaired) electrons. The minimum Gasteiger partial charge on any atom is -0.391 e. The molecule has 1 heterocycles. The number of carbonyl (C=O) groups is 1. The van der Waals surface area contributed by atoms with Crippen molar-refractivity contribution in [1.82, 2.24) is 5.32 Å². The van der Waals surface area contributed by atoms with Crippen molar-refractivity contribution in [3.8, 4) is 0 Å². The van der Waals surface area contributed by atoms with Crippen LogP contribution in [0.1, 0.15) is 25.3 Å². The number of benzene rings is 1. The second-order valence-electron chi connectivity index (χ2n) is 5.24. The van der Waals surface area contributed by atoms with Crippen molar-refractivity contribution in [3.05, 3.63) is 35.9 Å². The van der Waals surface area contributed by atoms with E-state index < -0.39 is 6.10 Å². The molecule has 0 saturated carbocycles. The van der Waals surface area contributed by atoms with Crippen molar-refractivity contribution in [3.63, 3.8) is 0 Å². The summed E-state index contributed by atoms with van der Waals surface area (Å²) in [5, 5.41) is 12.8. The zero-order chi connectivity index (χ0) is 13.7. The number of aliphatic hydroxyl groups is 1. The summed E-state index contributed by atoms with van der Waals surface area (Å²) in [6, 6.07) is 9.84. The Labute approximate surface area is 118 Å². The molecule has 19 heavy (non-hydrogen) atoms. The van der Waals surface area contributed by atoms with Crippen molar-refractivity contribution < 1.29 is 9.90 Å². The van der Waals surface area contributed by atoms with Gasteiger partial charge in [-0.15, -0.1) is 11.8 Å². The standard InChI is InChI=1S/C15H21NO2S/c1-15(8-5-9-19-15)14(18)16-11-13(17)10-12-6-3-2-4-7-12/h2-4,6-7,13,17H,5,8-11H2,1H3,(H,16,18). The fourth-order valence-electron chi connectivity index (χ4n) is 2.31. The molecule has 1 saturated heterocycles. The van der Waals surface area contributed by atoms with Gasteiger partial charge in [0.1, 0.15) is 0 Å². The monoisotopic (exact) mass is 279 g/mol. The van der Waals surface area contributed by atoms with Crippen LogP contribution in [0.25, 0.3) is 0 Å². The number of carbonyl (C=O) groups excluding carboxylic acids is 1. The lowest BCUT2D eigenvalue weighted by atomic mass is 10.0. The van der Waals surface area contributed by atoms with Crippen LogP contribution in [0, 0.1) is 0 Å². The molecule has 3 nitrogen and oxygen atoms in total. The molecule has 2 unspecified atom stereocenters. The molecule has 4 heteroatoms. The fraction of sp³-hybridized carbons (Fsp3) is 0.533. The number of aliphatic hydroxyl groups excluding tert-OH is 1. The van der Waals surface area contributed by atoms with E-state index in [1.54, 1.807) is 11.8 Å². The molecule has 1 aromatic carbocycles. The Kier molecular flexibility index (Phi) is 4.88. The largest absolute Gasteiger partial charge is 0.391 e. The first kappa shape index (κ1) is 14.4. The molecular formula is C15H21NO2S. The summed E-state index contributed by atoms with van der Waals surface area (Å²) in [5.74, 6) is 1.11. The number of nitrogens with one attached hydrogen (secondary N) is 1. The molecule has 2 N–H and O–H groups in total. The highest BCUT2D eigenvalue weighted by atomic mass is 32.2. The highest BCUT2D eigenvalue weighted by Crippen LogP contribution is 2.37. The summed E-state index contributed by atoms with van der Waals surface area (Å²) in [6.45, 7) is 2.31. The molecule has 1 fully saturated rings. The van der Waals surface area contributed by atoms with E-state index in [0.717, 1.165) is 24.2 Å². The van der Waals surface area contributed by atoms with Gasteiger partial charge in [0, 0.05) is 13.0 Å². The third-order valence-electron chi connectivity index (χ3n) is 3.51. The van der Waals surface area contributed by atoms with Gasteiger partial charge in [-0.05, 0) is 31.1 Å². The molecule has 0 aliphatic carbocycles. The van der Waals surface area contributed by atoms with Crippen LogP contribution in [0.2, 0.25) is 0 Å². The zero-order valence-electron chi connectivity index (χ0n) is 11.3. The predicted octanol–water partition coefficient (Wildman–Crippen LogP) is 1.99. The van der Waals surface area contributed by atoms with Gasteiger partial charge in [-0.25, -0.2) is 0 Å². The number of amides is 1. The van der Waals surface area contributed by atoms with Crippen LogP contribution in [-0.4, -0.2) is 34.2 Å². The van der Waals surface area contributed by atoms with E-state index in [9.17, 15) is 9.90 Å². The molecule has 0 aromatic heterocycles. The second kappa shape index (κ2) is 6.44. The van der Waals surface area contributed by atoms with E-state index >= 15 is 0 Å². The molecule has 0 bridgehead atoms. The van der Waals surface area contributed by atoms with Crippen molar-refractivity contribution in [2.45, 2.75) is 37.0 Å². The summed E-state index contributed by atoms with van der Waals surface area (Å²) in [5.41, 5.74) is 1.09. The van der Waals surface area contributed by atoms with Crippen LogP contribution < -0.4 is 5.32 Å². The van der Waals surface area contributed by atoms with Gasteiger partial charge in [-0.1, -0.05) is 30.3 Å². The van der Waals surface area contributed by atoms with Crippen LogP contribution >= 0.6 is 11.8 Å². The van der Waals surface area contributed by atoms with E-state index in [4.69, 9.17) is 0 Å². The van der Waals surface area contributed by atoms with E-state index in [-0.39, 0.29) is 10.7 Å². The summed E-state index contributed by atoms with van der Waals surface area (Å²) < 4.78 is -0.299. The first-order chi connectivity index (χ1) is 9.10. The maximum Gasteiger partial charge on any atom is 0.236 e. The van der Waals surface area contributed by atoms with Crippen LogP contribution in [0.15, 0.2) is 30.3 Å². The fourth-order valence-corrected chi connectivity index (χ4v) is 3.55. The van der Waals surface area contributed by atoms with Crippen molar-refractivity contribution in [2.75, 3.05) is 12.3 Å². The van der Waals surface area contributed by atoms with Crippen molar-refractivity contribution in [2.24, 2.45) is 0 Å². The van der Waals surface area contributed by atoms with E-state index in [2.05, 4.69) is 5.32 Å². The molecule has 1 aromatic rings. The Hall–Kier alpha value is -1.00. The van der Waals surface area contributed by atoms with E-state index in [0.29, 0.717) is 13.0 Å². The smallest absolute Gasteiger partial charge is 0.236 e. The summed E-state index contributed by atoms with van der Waals surface area (Å²) in [6.07, 6.45) is 2.08. The average molecular weight is 279 g/mol. The molecule has 2 atom stereocenters. The summed E-state index contributed by atoms with van der Waals surface area (Å²) >= 11 is 1.71. The number of hydrogen-bond donors (Lipinski definition) is 2. The first-order valence-electron chi connectivity index (χ1n) is 6.74. The Morgan fingerprint density at radius 3 is 2.84 bits per heavy atom. The minimum atomic E-state index is -0.527. The van der Waals surface area contributed by atoms with Crippen LogP contribution in [-0.2, 0) is 11.2 Å². The zero-order valence-corrected chi connectivity index (χ0v) is 12.1. The molecule has 0 spiro atoms. The van der Waals surface area contributed by atoms with Gasteiger partial charge in [0.05, 0.1) is 10.9 Å². The Bertz CT molecular complexity index is 415. The van der Waals surface area contributed by atoms with Gasteiger partial charge in [0.25, 0.3) is 0 Å². The van der Waals surface area contributed by atoms with Crippen molar-refractivity contribution in [1.29, 1.82) is 0 Å². The SMILES string of the molecule is CC1(C(=O)NCC(O)Cc2ccccc2)CCCS1. The van der Waals surface area contributed by atoms with Crippen LogP contribution in [0.3, 0.4) is 0 Å². The third-order valence-corrected chi connectivity index (χ3v) is 5.03. The topological polar surface area (TPSA) is 49.3 Å². The quantitative estimate of drug-likeness (QED) is 0.866. The number of rotatable bonds is 5. The molecule has 2 rings (SSSR count). The number of thioether (sulfide) groups is 1. The van der Waals surface area contributed by atoms with Gasteiger partial charge >= 0.3 is 0 Å². The molecule has 104 valence electrons. The van der Waals surface area contributed by atoms with Gasteiger partial charge in [0.15, 0.2) is 0 Å². The highest BCUT2D eigenvalue weighted by Gasteiger charge is 2.37. The summed E-state index contributed by atoms with van der Waals surface area (Å²) in [4.78, 5) is 12.1. The second-order valence-corrected chi connectivity index (χ2v) is 6.83. The molecule has 1 aliphatic rings. The highest BCUT2D eigenvalue weighted by molar-refractivity contribution is 8.01. The van der Waals surface area contributed by atoms with Gasteiger partial charge in [-0.2, -0.15) is 0 Å². The normalized spacial score (nSPS) is 24.1. The Balaban J connectivity index is 1.77. The molecular weight excluding hydrogens is 258 g/mol. The van der Waals surface area contributed by atoms with Gasteiger partial charge < -0.3 is 10.4 Å². The van der Waals surface area contributed by atoms with Crippen LogP contribution in [0.4, 0.5) is 0 Å². The lowest BCUT2D eigenvalue weighted by Crippen LogP contribution is -2.43. The lowest BCUT2D eigenvalue weighted by molar-refractivity contribution is -0.123. The third kappa shape index (κ3) is 3.98. The Morgan fingerprint density at radius 2 is 2.21 bits per heavy atom. The van der Waals surface area contributed by atoms with E-state index in [1.807, 2.05) is 37.3 Å². The van der Waals surface area contributed by atoms with Crippen LogP contribution in [0.5, 0.6) is 0 Å². The summed E-state index contributed by atoms with van der Waals surface area (Å²) in [7, 11) is 0. The molecule has 1 aliphatic heterocycles. The maximum absolute atomic E-state index is 12.1. The first-order valence-corrected chi connectivity index (χ1v) is 7.73. The lowest BCUT2D eigenvalue weighted by Gasteiger charge is -2.22. The van der Waals surface area contributed by atoms with Gasteiger partial charge in [-0.3, -0.25) is 4.79 Å². The average Bonchev–Trinajstić information content (AvgIpc) is 2.85. The van der Waals surface area contributed by atoms with Gasteiger partial charge in [0.2, 0.25) is 5.91 Å². The predicted molar refractivity (Wildman–Crippen MR) is 79.3 cm³/mol. The molecule has 1 amide bonds.